The minimum absolute atomic E-state index is 0.00257. The second kappa shape index (κ2) is 13.4. The summed E-state index contributed by atoms with van der Waals surface area (Å²) in [5.41, 5.74) is 2.05. The average Bonchev–Trinajstić information content (AvgIpc) is 3.37. The molecule has 3 aromatic rings. The van der Waals surface area contributed by atoms with Crippen LogP contribution in [-0.4, -0.2) is 39.0 Å². The lowest BCUT2D eigenvalue weighted by molar-refractivity contribution is -0.154. The van der Waals surface area contributed by atoms with E-state index in [0.717, 1.165) is 41.6 Å². The minimum Gasteiger partial charge on any atom is -0.445 e. The highest BCUT2D eigenvalue weighted by atomic mass is 28.4. The quantitative estimate of drug-likeness (QED) is 0.136. The first-order valence-electron chi connectivity index (χ1n) is 16.4. The van der Waals surface area contributed by atoms with Gasteiger partial charge in [-0.2, -0.15) is 0 Å². The number of rotatable bonds is 9. The second-order valence-electron chi connectivity index (χ2n) is 13.7. The predicted octanol–water partition coefficient (Wildman–Crippen LogP) is 5.92. The highest BCUT2D eigenvalue weighted by molar-refractivity contribution is 6.99. The molecule has 1 saturated carbocycles. The van der Waals surface area contributed by atoms with Crippen molar-refractivity contribution < 1.29 is 28.3 Å². The van der Waals surface area contributed by atoms with Crippen LogP contribution in [0.2, 0.25) is 5.04 Å². The zero-order valence-corrected chi connectivity index (χ0v) is 27.8. The van der Waals surface area contributed by atoms with Crippen LogP contribution in [0.15, 0.2) is 103 Å². The predicted molar refractivity (Wildman–Crippen MR) is 179 cm³/mol. The number of esters is 2. The first-order chi connectivity index (χ1) is 22.2. The lowest BCUT2D eigenvalue weighted by atomic mass is 9.62. The van der Waals surface area contributed by atoms with Crippen LogP contribution in [0.25, 0.3) is 0 Å². The van der Waals surface area contributed by atoms with Gasteiger partial charge in [-0.1, -0.05) is 130 Å². The molecule has 0 aromatic heterocycles. The van der Waals surface area contributed by atoms with Crippen LogP contribution in [0, 0.1) is 23.7 Å². The normalized spacial score (nSPS) is 23.4. The molecule has 1 amide bonds. The fourth-order valence-electron chi connectivity index (χ4n) is 7.88. The van der Waals surface area contributed by atoms with E-state index in [0.29, 0.717) is 0 Å². The summed E-state index contributed by atoms with van der Waals surface area (Å²) in [6, 6.07) is 29.5. The topological polar surface area (TPSA) is 90.9 Å². The first-order valence-corrected chi connectivity index (χ1v) is 18.3. The molecule has 7 nitrogen and oxygen atoms in total. The van der Waals surface area contributed by atoms with Gasteiger partial charge in [-0.25, -0.2) is 4.79 Å². The third-order valence-electron chi connectivity index (χ3n) is 9.97. The van der Waals surface area contributed by atoms with E-state index in [-0.39, 0.29) is 24.2 Å². The molecule has 0 unspecified atom stereocenters. The fraction of sp³-hybridized carbons (Fsp3) is 0.395. The number of amides is 1. The first kappa shape index (κ1) is 31.9. The van der Waals surface area contributed by atoms with Crippen LogP contribution in [0.4, 0.5) is 4.79 Å². The van der Waals surface area contributed by atoms with E-state index in [1.54, 1.807) is 0 Å². The molecule has 1 heterocycles. The zero-order valence-electron chi connectivity index (χ0n) is 26.8. The number of benzene rings is 3. The van der Waals surface area contributed by atoms with Gasteiger partial charge in [0.1, 0.15) is 6.61 Å². The summed E-state index contributed by atoms with van der Waals surface area (Å²) >= 11 is 0. The maximum atomic E-state index is 13.5. The van der Waals surface area contributed by atoms with Gasteiger partial charge in [0.05, 0.1) is 24.5 Å². The van der Waals surface area contributed by atoms with E-state index in [1.807, 2.05) is 66.7 Å². The SMILES string of the molecule is CC(C)(C)[Si](OC[C@@H](NC(=O)OCc1ccccc1)[C@@H]1C=C2CCCC[C@@H]2[C@@H]2C(=O)OC(=O)[C@H]12)(c1ccccc1)c1ccccc1. The van der Waals surface area contributed by atoms with E-state index in [9.17, 15) is 14.4 Å². The molecule has 1 N–H and O–H groups in total. The van der Waals surface area contributed by atoms with Gasteiger partial charge in [0, 0.05) is 5.92 Å². The monoisotopic (exact) mass is 637 g/mol. The third kappa shape index (κ3) is 6.20. The smallest absolute Gasteiger partial charge is 0.407 e. The van der Waals surface area contributed by atoms with Gasteiger partial charge in [-0.3, -0.25) is 9.59 Å². The summed E-state index contributed by atoms with van der Waals surface area (Å²) in [6.45, 7) is 6.84. The molecular weight excluding hydrogens is 595 g/mol. The minimum atomic E-state index is -2.99. The Balaban J connectivity index is 1.39. The van der Waals surface area contributed by atoms with Crippen molar-refractivity contribution >= 4 is 36.7 Å². The molecule has 46 heavy (non-hydrogen) atoms. The highest BCUT2D eigenvalue weighted by Gasteiger charge is 2.57. The molecular formula is C38H43NO6Si. The van der Waals surface area contributed by atoms with Gasteiger partial charge in [0.2, 0.25) is 0 Å². The lowest BCUT2D eigenvalue weighted by Crippen LogP contribution is -2.67. The number of cyclic esters (lactones) is 2. The Morgan fingerprint density at radius 1 is 0.870 bits per heavy atom. The number of alkyl carbamates (subject to hydrolysis) is 1. The van der Waals surface area contributed by atoms with Crippen LogP contribution in [0.5, 0.6) is 0 Å². The molecule has 0 bridgehead atoms. The molecule has 3 aromatic carbocycles. The number of ether oxygens (including phenoxy) is 2. The molecule has 0 radical (unpaired) electrons. The summed E-state index contributed by atoms with van der Waals surface area (Å²) in [4.78, 5) is 40.0. The Morgan fingerprint density at radius 2 is 1.46 bits per heavy atom. The maximum absolute atomic E-state index is 13.5. The van der Waals surface area contributed by atoms with Crippen molar-refractivity contribution in [2.45, 2.75) is 64.1 Å². The van der Waals surface area contributed by atoms with Gasteiger partial charge in [-0.05, 0) is 46.2 Å². The Morgan fingerprint density at radius 3 is 2.07 bits per heavy atom. The summed E-state index contributed by atoms with van der Waals surface area (Å²) in [5, 5.41) is 5.03. The molecule has 3 aliphatic rings. The molecule has 6 rings (SSSR count). The van der Waals surface area contributed by atoms with Gasteiger partial charge < -0.3 is 19.2 Å². The van der Waals surface area contributed by atoms with Gasteiger partial charge in [-0.15, -0.1) is 0 Å². The molecule has 5 atom stereocenters. The maximum Gasteiger partial charge on any atom is 0.407 e. The molecule has 1 saturated heterocycles. The van der Waals surface area contributed by atoms with Crippen LogP contribution in [-0.2, 0) is 30.1 Å². The third-order valence-corrected chi connectivity index (χ3v) is 15.0. The van der Waals surface area contributed by atoms with Crippen LogP contribution >= 0.6 is 0 Å². The Labute approximate surface area is 272 Å². The summed E-state index contributed by atoms with van der Waals surface area (Å²) in [6.07, 6.45) is 5.32. The summed E-state index contributed by atoms with van der Waals surface area (Å²) in [5.74, 6) is -2.70. The number of carbonyl (C=O) groups is 3. The standard InChI is InChI=1S/C38H43NO6Si/c1-38(2,3)46(28-18-9-5-10-19-28,29-20-11-6-12-21-29)44-25-32(39-37(42)43-24-26-15-7-4-8-16-26)31-23-27-17-13-14-22-30(27)33-34(31)36(41)45-35(33)40/h4-12,15-16,18-21,23,30-34H,13-14,17,22,24-25H2,1-3H3,(H,39,42)/t30-,31-,32+,33-,34+/m0/s1. The average molecular weight is 638 g/mol. The Hall–Kier alpha value is -4.01. The van der Waals surface area contributed by atoms with Crippen LogP contribution in [0.1, 0.15) is 52.0 Å². The number of fused-ring (bicyclic) bond motifs is 3. The molecule has 2 fully saturated rings. The lowest BCUT2D eigenvalue weighted by Gasteiger charge is -2.45. The van der Waals surface area contributed by atoms with Gasteiger partial charge >= 0.3 is 18.0 Å². The number of carbonyl (C=O) groups excluding carboxylic acids is 3. The number of allylic oxidation sites excluding steroid dienone is 1. The van der Waals surface area contributed by atoms with Gasteiger partial charge in [0.25, 0.3) is 8.32 Å². The van der Waals surface area contributed by atoms with Crippen molar-refractivity contribution in [2.75, 3.05) is 6.61 Å². The van der Waals surface area contributed by atoms with Crippen molar-refractivity contribution in [2.24, 2.45) is 23.7 Å². The molecule has 240 valence electrons. The number of nitrogens with one attached hydrogen (secondary N) is 1. The van der Waals surface area contributed by atoms with E-state index in [4.69, 9.17) is 13.9 Å². The van der Waals surface area contributed by atoms with E-state index < -0.39 is 50.1 Å². The molecule has 2 aliphatic carbocycles. The molecule has 8 heteroatoms. The molecule has 0 spiro atoms. The Bertz CT molecular complexity index is 1530. The van der Waals surface area contributed by atoms with Crippen molar-refractivity contribution in [3.8, 4) is 0 Å². The van der Waals surface area contributed by atoms with Crippen molar-refractivity contribution in [3.05, 3.63) is 108 Å². The van der Waals surface area contributed by atoms with Crippen LogP contribution < -0.4 is 15.7 Å². The van der Waals surface area contributed by atoms with E-state index in [1.165, 1.54) is 5.57 Å². The summed E-state index contributed by atoms with van der Waals surface area (Å²) in [7, 11) is -2.99. The van der Waals surface area contributed by atoms with E-state index >= 15 is 0 Å². The van der Waals surface area contributed by atoms with Crippen LogP contribution in [0.3, 0.4) is 0 Å². The summed E-state index contributed by atoms with van der Waals surface area (Å²) < 4.78 is 18.3. The van der Waals surface area contributed by atoms with E-state index in [2.05, 4.69) is 56.4 Å². The largest absolute Gasteiger partial charge is 0.445 e. The van der Waals surface area contributed by atoms with Gasteiger partial charge in [0.15, 0.2) is 0 Å². The second-order valence-corrected chi connectivity index (χ2v) is 18.1. The van der Waals surface area contributed by atoms with Crippen molar-refractivity contribution in [3.63, 3.8) is 0 Å². The Kier molecular flexibility index (Phi) is 9.29. The fourth-order valence-corrected chi connectivity index (χ4v) is 12.5. The number of hydrogen-bond acceptors (Lipinski definition) is 6. The highest BCUT2D eigenvalue weighted by Crippen LogP contribution is 2.50. The zero-order chi connectivity index (χ0) is 32.3. The number of hydrogen-bond donors (Lipinski definition) is 1. The van der Waals surface area contributed by atoms with Crippen molar-refractivity contribution in [1.29, 1.82) is 0 Å². The van der Waals surface area contributed by atoms with Crippen molar-refractivity contribution in [1.82, 2.24) is 5.32 Å². The molecule has 1 aliphatic heterocycles.